The summed E-state index contributed by atoms with van der Waals surface area (Å²) in [5, 5.41) is 5.23. The Morgan fingerprint density at radius 3 is 2.40 bits per heavy atom. The maximum absolute atomic E-state index is 12.3. The summed E-state index contributed by atoms with van der Waals surface area (Å²) in [6.07, 6.45) is -3.62. The Labute approximate surface area is 198 Å². The number of para-hydroxylation sites is 1. The fourth-order valence-corrected chi connectivity index (χ4v) is 2.82. The van der Waals surface area contributed by atoms with Crippen LogP contribution >= 0.6 is 0 Å². The molecule has 12 heteroatoms. The second kappa shape index (κ2) is 11.8. The van der Waals surface area contributed by atoms with E-state index in [9.17, 15) is 22.8 Å². The van der Waals surface area contributed by atoms with Crippen LogP contribution < -0.4 is 24.8 Å². The minimum Gasteiger partial charge on any atom is -0.494 e. The zero-order chi connectivity index (χ0) is 25.3. The highest BCUT2D eigenvalue weighted by Gasteiger charge is 2.31. The summed E-state index contributed by atoms with van der Waals surface area (Å²) in [6.45, 7) is 2.10. The van der Waals surface area contributed by atoms with Crippen LogP contribution in [0.15, 0.2) is 59.2 Å². The Morgan fingerprint density at radius 2 is 1.69 bits per heavy atom. The number of nitrogens with zero attached hydrogens (tertiary/aromatic N) is 1. The van der Waals surface area contributed by atoms with Gasteiger partial charge in [0.05, 0.1) is 13.2 Å². The number of hydrogen-bond donors (Lipinski definition) is 2. The molecule has 0 radical (unpaired) electrons. The van der Waals surface area contributed by atoms with Gasteiger partial charge in [-0.2, -0.15) is 0 Å². The molecule has 9 nitrogen and oxygen atoms in total. The van der Waals surface area contributed by atoms with Gasteiger partial charge in [0.2, 0.25) is 5.89 Å². The molecule has 35 heavy (non-hydrogen) atoms. The smallest absolute Gasteiger partial charge is 0.494 e. The summed E-state index contributed by atoms with van der Waals surface area (Å²) >= 11 is 0. The van der Waals surface area contributed by atoms with Crippen LogP contribution in [0, 0.1) is 0 Å². The first kappa shape index (κ1) is 25.4. The third-order valence-corrected chi connectivity index (χ3v) is 4.36. The first-order valence-electron chi connectivity index (χ1n) is 10.4. The number of oxazole rings is 1. The molecule has 0 aliphatic heterocycles. The molecule has 0 atom stereocenters. The van der Waals surface area contributed by atoms with Crippen LogP contribution in [0.25, 0.3) is 0 Å². The van der Waals surface area contributed by atoms with Gasteiger partial charge in [-0.05, 0) is 37.3 Å². The maximum atomic E-state index is 12.3. The summed E-state index contributed by atoms with van der Waals surface area (Å²) in [5.74, 6) is -0.443. The van der Waals surface area contributed by atoms with Crippen LogP contribution in [0.1, 0.15) is 28.9 Å². The molecule has 1 heterocycles. The number of carbonyl (C=O) groups excluding carboxylic acids is 2. The quantitative estimate of drug-likeness (QED) is 0.420. The van der Waals surface area contributed by atoms with Gasteiger partial charge in [0.15, 0.2) is 12.3 Å². The van der Waals surface area contributed by atoms with Gasteiger partial charge in [-0.15, -0.1) is 13.2 Å². The number of ether oxygens (including phenoxy) is 3. The van der Waals surface area contributed by atoms with Crippen molar-refractivity contribution in [2.45, 2.75) is 26.4 Å². The van der Waals surface area contributed by atoms with Crippen LogP contribution in [-0.2, 0) is 17.9 Å². The number of amides is 2. The van der Waals surface area contributed by atoms with E-state index in [1.165, 1.54) is 18.4 Å². The highest BCUT2D eigenvalue weighted by atomic mass is 19.4. The van der Waals surface area contributed by atoms with Crippen molar-refractivity contribution in [2.75, 3.05) is 13.2 Å². The molecule has 0 unspecified atom stereocenters. The number of halogens is 3. The minimum absolute atomic E-state index is 0.0422. The van der Waals surface area contributed by atoms with Crippen LogP contribution in [0.4, 0.5) is 13.2 Å². The Bertz CT molecular complexity index is 1130. The van der Waals surface area contributed by atoms with Crippen molar-refractivity contribution >= 4 is 11.8 Å². The lowest BCUT2D eigenvalue weighted by Gasteiger charge is -2.10. The van der Waals surface area contributed by atoms with E-state index in [1.54, 1.807) is 0 Å². The molecule has 0 spiro atoms. The molecule has 0 aliphatic carbocycles. The largest absolute Gasteiger partial charge is 0.573 e. The molecule has 1 aromatic heterocycles. The molecular formula is C23H22F3N3O6. The average Bonchev–Trinajstić information content (AvgIpc) is 3.30. The Morgan fingerprint density at radius 1 is 0.971 bits per heavy atom. The zero-order valence-electron chi connectivity index (χ0n) is 18.6. The predicted octanol–water partition coefficient (Wildman–Crippen LogP) is 3.60. The molecule has 0 saturated carbocycles. The van der Waals surface area contributed by atoms with Gasteiger partial charge in [-0.3, -0.25) is 9.59 Å². The monoisotopic (exact) mass is 493 g/mol. The van der Waals surface area contributed by atoms with E-state index in [2.05, 4.69) is 20.4 Å². The molecule has 0 fully saturated rings. The number of nitrogens with one attached hydrogen (secondary N) is 2. The van der Waals surface area contributed by atoms with E-state index in [0.717, 1.165) is 17.7 Å². The van der Waals surface area contributed by atoms with Crippen LogP contribution in [0.5, 0.6) is 17.2 Å². The molecule has 2 N–H and O–H groups in total. The van der Waals surface area contributed by atoms with Gasteiger partial charge in [0, 0.05) is 12.1 Å². The zero-order valence-corrected chi connectivity index (χ0v) is 18.6. The number of carbonyl (C=O) groups is 2. The maximum Gasteiger partial charge on any atom is 0.573 e. The van der Waals surface area contributed by atoms with Crippen molar-refractivity contribution < 1.29 is 41.4 Å². The Kier molecular flexibility index (Phi) is 8.54. The summed E-state index contributed by atoms with van der Waals surface area (Å²) in [5.41, 5.74) is 0.849. The van der Waals surface area contributed by atoms with E-state index in [-0.39, 0.29) is 30.4 Å². The molecule has 0 bridgehead atoms. The number of alkyl halides is 3. The lowest BCUT2D eigenvalue weighted by molar-refractivity contribution is -0.274. The molecule has 3 rings (SSSR count). The van der Waals surface area contributed by atoms with Crippen molar-refractivity contribution in [1.82, 2.24) is 15.6 Å². The highest BCUT2D eigenvalue weighted by molar-refractivity contribution is 5.91. The molecule has 2 aromatic carbocycles. The second-order valence-electron chi connectivity index (χ2n) is 6.93. The van der Waals surface area contributed by atoms with Gasteiger partial charge in [0.25, 0.3) is 11.8 Å². The van der Waals surface area contributed by atoms with Crippen molar-refractivity contribution in [2.24, 2.45) is 0 Å². The minimum atomic E-state index is -4.79. The van der Waals surface area contributed by atoms with Gasteiger partial charge < -0.3 is 29.3 Å². The van der Waals surface area contributed by atoms with Crippen molar-refractivity contribution in [3.63, 3.8) is 0 Å². The first-order chi connectivity index (χ1) is 16.7. The normalized spacial score (nSPS) is 11.0. The van der Waals surface area contributed by atoms with Crippen LogP contribution in [0.2, 0.25) is 0 Å². The van der Waals surface area contributed by atoms with E-state index in [0.29, 0.717) is 12.4 Å². The molecular weight excluding hydrogens is 471 g/mol. The fourth-order valence-electron chi connectivity index (χ4n) is 2.82. The van der Waals surface area contributed by atoms with E-state index >= 15 is 0 Å². The number of benzene rings is 2. The van der Waals surface area contributed by atoms with Crippen molar-refractivity contribution in [3.05, 3.63) is 71.9 Å². The summed E-state index contributed by atoms with van der Waals surface area (Å²) < 4.78 is 56.2. The van der Waals surface area contributed by atoms with Crippen molar-refractivity contribution in [1.29, 1.82) is 0 Å². The Balaban J connectivity index is 1.42. The van der Waals surface area contributed by atoms with Gasteiger partial charge in [0.1, 0.15) is 23.5 Å². The topological polar surface area (TPSA) is 112 Å². The van der Waals surface area contributed by atoms with Crippen LogP contribution in [0.3, 0.4) is 0 Å². The molecule has 2 amide bonds. The van der Waals surface area contributed by atoms with E-state index < -0.39 is 30.5 Å². The summed E-state index contributed by atoms with van der Waals surface area (Å²) in [6, 6.07) is 11.9. The van der Waals surface area contributed by atoms with Gasteiger partial charge >= 0.3 is 6.36 Å². The molecule has 0 saturated heterocycles. The van der Waals surface area contributed by atoms with E-state index in [1.807, 2.05) is 31.2 Å². The van der Waals surface area contributed by atoms with Gasteiger partial charge in [-0.25, -0.2) is 4.98 Å². The molecule has 0 aliphatic rings. The highest BCUT2D eigenvalue weighted by Crippen LogP contribution is 2.24. The van der Waals surface area contributed by atoms with E-state index in [4.69, 9.17) is 13.9 Å². The third kappa shape index (κ3) is 8.25. The summed E-state index contributed by atoms with van der Waals surface area (Å²) in [7, 11) is 0. The Hall–Kier alpha value is -4.22. The summed E-state index contributed by atoms with van der Waals surface area (Å²) in [4.78, 5) is 28.3. The first-order valence-corrected chi connectivity index (χ1v) is 10.4. The standard InChI is InChI=1S/C23H22F3N3O6/c1-2-32-19-6-4-3-5-15(19)11-28-22(31)18-13-34-21(29-18)12-27-20(30)14-33-16-7-9-17(10-8-16)35-23(24,25)26/h3-10,13H,2,11-12,14H2,1H3,(H,27,30)(H,28,31). The number of hydrogen-bond acceptors (Lipinski definition) is 7. The predicted molar refractivity (Wildman–Crippen MR) is 116 cm³/mol. The molecule has 3 aromatic rings. The second-order valence-corrected chi connectivity index (χ2v) is 6.93. The molecule has 186 valence electrons. The number of aromatic nitrogens is 1. The number of rotatable bonds is 11. The van der Waals surface area contributed by atoms with Crippen molar-refractivity contribution in [3.8, 4) is 17.2 Å². The fraction of sp³-hybridized carbons (Fsp3) is 0.261. The lowest BCUT2D eigenvalue weighted by Crippen LogP contribution is -2.28. The lowest BCUT2D eigenvalue weighted by atomic mass is 10.2. The SMILES string of the molecule is CCOc1ccccc1CNC(=O)c1coc(CNC(=O)COc2ccc(OC(F)(F)F)cc2)n1. The average molecular weight is 493 g/mol. The van der Waals surface area contributed by atoms with Crippen LogP contribution in [-0.4, -0.2) is 36.4 Å². The van der Waals surface area contributed by atoms with Gasteiger partial charge in [-0.1, -0.05) is 18.2 Å². The third-order valence-electron chi connectivity index (χ3n) is 4.36.